The predicted octanol–water partition coefficient (Wildman–Crippen LogP) is 5.46. The van der Waals surface area contributed by atoms with Crippen molar-refractivity contribution in [3.8, 4) is 22.6 Å². The zero-order chi connectivity index (χ0) is 15.7. The Balaban J connectivity index is 2.15. The molecule has 2 aromatic carbocycles. The van der Waals surface area contributed by atoms with Crippen molar-refractivity contribution in [3.05, 3.63) is 63.1 Å². The van der Waals surface area contributed by atoms with Gasteiger partial charge in [0, 0.05) is 21.2 Å². The quantitative estimate of drug-likeness (QED) is 0.679. The van der Waals surface area contributed by atoms with E-state index in [1.165, 1.54) is 0 Å². The van der Waals surface area contributed by atoms with Crippen LogP contribution in [0.3, 0.4) is 0 Å². The van der Waals surface area contributed by atoms with E-state index < -0.39 is 0 Å². The average molecular weight is 355 g/mol. The number of aliphatic hydroxyl groups excluding tert-OH is 1. The number of benzene rings is 2. The van der Waals surface area contributed by atoms with E-state index >= 15 is 0 Å². The van der Waals surface area contributed by atoms with Gasteiger partial charge in [-0.05, 0) is 30.3 Å². The number of hydrogen-bond acceptors (Lipinski definition) is 3. The molecule has 0 fully saturated rings. The molecule has 3 nitrogen and oxygen atoms in total. The average Bonchev–Trinajstić information content (AvgIpc) is 2.91. The fourth-order valence-electron chi connectivity index (χ4n) is 2.21. The van der Waals surface area contributed by atoms with Crippen molar-refractivity contribution < 1.29 is 9.63 Å². The van der Waals surface area contributed by atoms with Crippen molar-refractivity contribution in [2.75, 3.05) is 0 Å². The van der Waals surface area contributed by atoms with Crippen molar-refractivity contribution in [1.29, 1.82) is 0 Å². The van der Waals surface area contributed by atoms with Crippen molar-refractivity contribution in [3.63, 3.8) is 0 Å². The summed E-state index contributed by atoms with van der Waals surface area (Å²) in [6.07, 6.45) is 0. The summed E-state index contributed by atoms with van der Waals surface area (Å²) in [5.41, 5.74) is 2.41. The van der Waals surface area contributed by atoms with E-state index in [0.29, 0.717) is 37.6 Å². The van der Waals surface area contributed by atoms with Gasteiger partial charge in [0.25, 0.3) is 0 Å². The Morgan fingerprint density at radius 1 is 1.00 bits per heavy atom. The van der Waals surface area contributed by atoms with Crippen LogP contribution in [0.1, 0.15) is 5.56 Å². The molecule has 6 heteroatoms. The van der Waals surface area contributed by atoms with Crippen LogP contribution in [-0.4, -0.2) is 10.3 Å². The minimum atomic E-state index is -0.236. The van der Waals surface area contributed by atoms with Crippen LogP contribution in [-0.2, 0) is 6.61 Å². The lowest BCUT2D eigenvalue weighted by Gasteiger charge is -2.04. The van der Waals surface area contributed by atoms with Crippen molar-refractivity contribution in [1.82, 2.24) is 5.16 Å². The molecule has 3 rings (SSSR count). The van der Waals surface area contributed by atoms with Gasteiger partial charge < -0.3 is 9.63 Å². The third-order valence-corrected chi connectivity index (χ3v) is 4.00. The summed E-state index contributed by atoms with van der Waals surface area (Å²) in [4.78, 5) is 0. The van der Waals surface area contributed by atoms with Crippen LogP contribution >= 0.6 is 34.8 Å². The maximum absolute atomic E-state index is 9.72. The number of halogens is 3. The van der Waals surface area contributed by atoms with Gasteiger partial charge in [0.05, 0.1) is 17.2 Å². The van der Waals surface area contributed by atoms with Gasteiger partial charge in [-0.3, -0.25) is 0 Å². The smallest absolute Gasteiger partial charge is 0.173 e. The molecule has 112 valence electrons. The summed E-state index contributed by atoms with van der Waals surface area (Å²) in [6.45, 7) is -0.236. The fraction of sp³-hybridized carbons (Fsp3) is 0.0625. The second-order valence-corrected chi connectivity index (χ2v) is 5.91. The highest BCUT2D eigenvalue weighted by molar-refractivity contribution is 6.36. The highest BCUT2D eigenvalue weighted by Gasteiger charge is 2.20. The lowest BCUT2D eigenvalue weighted by Crippen LogP contribution is -1.90. The zero-order valence-electron chi connectivity index (χ0n) is 11.2. The highest BCUT2D eigenvalue weighted by atomic mass is 35.5. The molecular weight excluding hydrogens is 345 g/mol. The molecule has 22 heavy (non-hydrogen) atoms. The molecule has 0 saturated heterocycles. The van der Waals surface area contributed by atoms with E-state index in [0.717, 1.165) is 5.56 Å². The molecule has 1 heterocycles. The Hall–Kier alpha value is -1.52. The minimum Gasteiger partial charge on any atom is -0.391 e. The second kappa shape index (κ2) is 6.31. The number of aromatic nitrogens is 1. The Labute approximate surface area is 142 Å². The van der Waals surface area contributed by atoms with Crippen molar-refractivity contribution in [2.45, 2.75) is 6.61 Å². The van der Waals surface area contributed by atoms with Gasteiger partial charge in [-0.15, -0.1) is 0 Å². The maximum Gasteiger partial charge on any atom is 0.173 e. The fourth-order valence-corrected chi connectivity index (χ4v) is 2.89. The summed E-state index contributed by atoms with van der Waals surface area (Å²) >= 11 is 18.1. The van der Waals surface area contributed by atoms with Crippen LogP contribution in [0.5, 0.6) is 0 Å². The first-order valence-corrected chi connectivity index (χ1v) is 7.54. The van der Waals surface area contributed by atoms with E-state index in [4.69, 9.17) is 39.3 Å². The number of rotatable bonds is 3. The maximum atomic E-state index is 9.72. The third kappa shape index (κ3) is 2.85. The molecule has 0 amide bonds. The van der Waals surface area contributed by atoms with Crippen molar-refractivity contribution >= 4 is 34.8 Å². The molecule has 1 N–H and O–H groups in total. The minimum absolute atomic E-state index is 0.236. The topological polar surface area (TPSA) is 46.3 Å². The SMILES string of the molecule is OCc1c(-c2ccc(Cl)cc2Cl)noc1-c1cccc(Cl)c1. The van der Waals surface area contributed by atoms with Crippen LogP contribution in [0.2, 0.25) is 15.1 Å². The first-order chi connectivity index (χ1) is 10.6. The van der Waals surface area contributed by atoms with Gasteiger partial charge in [0.2, 0.25) is 0 Å². The van der Waals surface area contributed by atoms with Crippen LogP contribution in [0, 0.1) is 0 Å². The van der Waals surface area contributed by atoms with Gasteiger partial charge >= 0.3 is 0 Å². The van der Waals surface area contributed by atoms with Crippen LogP contribution in [0.4, 0.5) is 0 Å². The number of nitrogens with zero attached hydrogens (tertiary/aromatic N) is 1. The molecule has 0 bridgehead atoms. The van der Waals surface area contributed by atoms with E-state index in [1.54, 1.807) is 36.4 Å². The van der Waals surface area contributed by atoms with E-state index in [1.807, 2.05) is 6.07 Å². The van der Waals surface area contributed by atoms with Gasteiger partial charge in [0.1, 0.15) is 5.69 Å². The standard InChI is InChI=1S/C16H10Cl3NO2/c17-10-3-1-2-9(6-10)16-13(8-21)15(20-22-16)12-5-4-11(18)7-14(12)19/h1-7,21H,8H2. The van der Waals surface area contributed by atoms with E-state index in [-0.39, 0.29) is 6.61 Å². The summed E-state index contributed by atoms with van der Waals surface area (Å²) < 4.78 is 5.41. The Bertz CT molecular complexity index is 830. The lowest BCUT2D eigenvalue weighted by atomic mass is 10.0. The number of hydrogen-bond donors (Lipinski definition) is 1. The Morgan fingerprint density at radius 2 is 1.77 bits per heavy atom. The zero-order valence-corrected chi connectivity index (χ0v) is 13.5. The molecule has 0 aliphatic rings. The third-order valence-electron chi connectivity index (χ3n) is 3.22. The Kier molecular flexibility index (Phi) is 4.41. The van der Waals surface area contributed by atoms with Gasteiger partial charge in [-0.1, -0.05) is 52.1 Å². The molecule has 0 unspecified atom stereocenters. The first kappa shape index (κ1) is 15.4. The largest absolute Gasteiger partial charge is 0.391 e. The van der Waals surface area contributed by atoms with Crippen LogP contribution in [0.15, 0.2) is 47.0 Å². The molecule has 0 saturated carbocycles. The molecule has 1 aromatic heterocycles. The summed E-state index contributed by atoms with van der Waals surface area (Å²) in [7, 11) is 0. The first-order valence-electron chi connectivity index (χ1n) is 6.41. The van der Waals surface area contributed by atoms with Crippen LogP contribution in [0.25, 0.3) is 22.6 Å². The van der Waals surface area contributed by atoms with E-state index in [9.17, 15) is 5.11 Å². The van der Waals surface area contributed by atoms with E-state index in [2.05, 4.69) is 5.16 Å². The Morgan fingerprint density at radius 3 is 2.45 bits per heavy atom. The van der Waals surface area contributed by atoms with Crippen LogP contribution < -0.4 is 0 Å². The van der Waals surface area contributed by atoms with Gasteiger partial charge in [-0.25, -0.2) is 0 Å². The summed E-state index contributed by atoms with van der Waals surface area (Å²) in [6, 6.07) is 12.2. The molecule has 0 spiro atoms. The summed E-state index contributed by atoms with van der Waals surface area (Å²) in [5.74, 6) is 0.464. The monoisotopic (exact) mass is 353 g/mol. The molecule has 3 aromatic rings. The molecule has 0 radical (unpaired) electrons. The molecule has 0 atom stereocenters. The molecular formula is C16H10Cl3NO2. The van der Waals surface area contributed by atoms with Gasteiger partial charge in [-0.2, -0.15) is 0 Å². The van der Waals surface area contributed by atoms with Gasteiger partial charge in [0.15, 0.2) is 5.76 Å². The highest BCUT2D eigenvalue weighted by Crippen LogP contribution is 2.37. The predicted molar refractivity (Wildman–Crippen MR) is 88.3 cm³/mol. The number of aliphatic hydroxyl groups is 1. The lowest BCUT2D eigenvalue weighted by molar-refractivity contribution is 0.281. The van der Waals surface area contributed by atoms with Crippen molar-refractivity contribution in [2.24, 2.45) is 0 Å². The normalized spacial score (nSPS) is 10.9. The second-order valence-electron chi connectivity index (χ2n) is 4.63. The molecule has 0 aliphatic heterocycles. The summed E-state index contributed by atoms with van der Waals surface area (Å²) in [5, 5.41) is 15.3. The molecule has 0 aliphatic carbocycles.